The standard InChI is InChI=1S/C15H20ClNO4/c1-9(2)14(15(19)21-4)17-13(18)7-10-5-6-11(16)8-12(10)20-3/h5-6,8-9,14H,7H2,1-4H3,(H,17,18)/t14-/m0/s1. The van der Waals surface area contributed by atoms with Crippen molar-refractivity contribution < 1.29 is 19.1 Å². The smallest absolute Gasteiger partial charge is 0.328 e. The van der Waals surface area contributed by atoms with Crippen molar-refractivity contribution in [3.8, 4) is 5.75 Å². The van der Waals surface area contributed by atoms with Gasteiger partial charge in [0.2, 0.25) is 5.91 Å². The first-order valence-corrected chi connectivity index (χ1v) is 6.96. The van der Waals surface area contributed by atoms with Gasteiger partial charge in [-0.25, -0.2) is 4.79 Å². The van der Waals surface area contributed by atoms with Crippen molar-refractivity contribution in [1.82, 2.24) is 5.32 Å². The highest BCUT2D eigenvalue weighted by molar-refractivity contribution is 6.30. The first kappa shape index (κ1) is 17.3. The van der Waals surface area contributed by atoms with Crippen molar-refractivity contribution >= 4 is 23.5 Å². The van der Waals surface area contributed by atoms with E-state index in [2.05, 4.69) is 10.1 Å². The van der Waals surface area contributed by atoms with Gasteiger partial charge in [0.1, 0.15) is 11.8 Å². The summed E-state index contributed by atoms with van der Waals surface area (Å²) in [5.41, 5.74) is 0.701. The number of halogens is 1. The van der Waals surface area contributed by atoms with E-state index in [9.17, 15) is 9.59 Å². The number of nitrogens with one attached hydrogen (secondary N) is 1. The van der Waals surface area contributed by atoms with Crippen LogP contribution in [-0.2, 0) is 20.7 Å². The van der Waals surface area contributed by atoms with E-state index in [0.29, 0.717) is 16.3 Å². The molecule has 0 fully saturated rings. The van der Waals surface area contributed by atoms with Crippen molar-refractivity contribution in [2.75, 3.05) is 14.2 Å². The number of hydrogen-bond donors (Lipinski definition) is 1. The van der Waals surface area contributed by atoms with Crippen molar-refractivity contribution in [2.45, 2.75) is 26.3 Å². The molecule has 0 aliphatic rings. The Bertz CT molecular complexity index is 516. The monoisotopic (exact) mass is 313 g/mol. The molecule has 0 saturated carbocycles. The Hall–Kier alpha value is -1.75. The molecule has 1 aromatic carbocycles. The number of ether oxygens (including phenoxy) is 2. The van der Waals surface area contributed by atoms with Crippen LogP contribution in [-0.4, -0.2) is 32.1 Å². The van der Waals surface area contributed by atoms with Gasteiger partial charge in [0, 0.05) is 10.6 Å². The normalized spacial score (nSPS) is 11.9. The predicted octanol–water partition coefficient (Wildman–Crippen LogP) is 2.20. The highest BCUT2D eigenvalue weighted by Crippen LogP contribution is 2.23. The van der Waals surface area contributed by atoms with Crippen molar-refractivity contribution in [2.24, 2.45) is 5.92 Å². The summed E-state index contributed by atoms with van der Waals surface area (Å²) in [6.07, 6.45) is 0.0978. The Morgan fingerprint density at radius 3 is 2.48 bits per heavy atom. The van der Waals surface area contributed by atoms with Crippen LogP contribution in [0, 0.1) is 5.92 Å². The Morgan fingerprint density at radius 1 is 1.29 bits per heavy atom. The molecule has 0 saturated heterocycles. The number of rotatable bonds is 6. The third kappa shape index (κ3) is 4.93. The minimum atomic E-state index is -0.666. The summed E-state index contributed by atoms with van der Waals surface area (Å²) in [7, 11) is 2.81. The molecule has 116 valence electrons. The largest absolute Gasteiger partial charge is 0.496 e. The van der Waals surface area contributed by atoms with Crippen molar-refractivity contribution in [1.29, 1.82) is 0 Å². The van der Waals surface area contributed by atoms with Crippen LogP contribution >= 0.6 is 11.6 Å². The average molecular weight is 314 g/mol. The molecular formula is C15H20ClNO4. The van der Waals surface area contributed by atoms with E-state index in [0.717, 1.165) is 0 Å². The number of carbonyl (C=O) groups excluding carboxylic acids is 2. The van der Waals surface area contributed by atoms with Gasteiger partial charge < -0.3 is 14.8 Å². The Labute approximate surface area is 129 Å². The molecule has 0 heterocycles. The van der Waals surface area contributed by atoms with Gasteiger partial charge >= 0.3 is 5.97 Å². The fourth-order valence-electron chi connectivity index (χ4n) is 1.89. The summed E-state index contributed by atoms with van der Waals surface area (Å²) in [5, 5.41) is 3.21. The molecule has 0 aromatic heterocycles. The zero-order valence-electron chi connectivity index (χ0n) is 12.6. The van der Waals surface area contributed by atoms with Crippen LogP contribution in [0.4, 0.5) is 0 Å². The van der Waals surface area contributed by atoms with E-state index >= 15 is 0 Å². The highest BCUT2D eigenvalue weighted by atomic mass is 35.5. The summed E-state index contributed by atoms with van der Waals surface area (Å²) in [5.74, 6) is -0.258. The summed E-state index contributed by atoms with van der Waals surface area (Å²) < 4.78 is 9.88. The second-order valence-corrected chi connectivity index (χ2v) is 5.38. The lowest BCUT2D eigenvalue weighted by Crippen LogP contribution is -2.45. The van der Waals surface area contributed by atoms with Crippen LogP contribution in [0.15, 0.2) is 18.2 Å². The van der Waals surface area contributed by atoms with Gasteiger partial charge in [-0.2, -0.15) is 0 Å². The van der Waals surface area contributed by atoms with E-state index in [4.69, 9.17) is 16.3 Å². The molecule has 1 N–H and O–H groups in total. The predicted molar refractivity (Wildman–Crippen MR) is 80.5 cm³/mol. The van der Waals surface area contributed by atoms with Gasteiger partial charge in [-0.05, 0) is 18.1 Å². The number of amides is 1. The highest BCUT2D eigenvalue weighted by Gasteiger charge is 2.25. The molecule has 0 aliphatic heterocycles. The minimum absolute atomic E-state index is 0.0616. The lowest BCUT2D eigenvalue weighted by Gasteiger charge is -2.20. The molecule has 0 spiro atoms. The molecule has 21 heavy (non-hydrogen) atoms. The maximum absolute atomic E-state index is 12.1. The SMILES string of the molecule is COC(=O)[C@@H](NC(=O)Cc1ccc(Cl)cc1OC)C(C)C. The third-order valence-corrected chi connectivity index (χ3v) is 3.27. The Morgan fingerprint density at radius 2 is 1.95 bits per heavy atom. The number of benzene rings is 1. The zero-order chi connectivity index (χ0) is 16.0. The van der Waals surface area contributed by atoms with Crippen LogP contribution in [0.3, 0.4) is 0 Å². The van der Waals surface area contributed by atoms with E-state index in [1.807, 2.05) is 13.8 Å². The van der Waals surface area contributed by atoms with Gasteiger partial charge in [-0.3, -0.25) is 4.79 Å². The number of esters is 1. The summed E-state index contributed by atoms with van der Waals surface area (Å²) in [6.45, 7) is 3.68. The molecule has 1 atom stereocenters. The maximum atomic E-state index is 12.1. The van der Waals surface area contributed by atoms with Crippen LogP contribution < -0.4 is 10.1 Å². The second kappa shape index (κ2) is 7.88. The zero-order valence-corrected chi connectivity index (χ0v) is 13.4. The molecule has 0 unspecified atom stereocenters. The molecule has 1 rings (SSSR count). The molecule has 1 aromatic rings. The van der Waals surface area contributed by atoms with E-state index in [-0.39, 0.29) is 18.2 Å². The van der Waals surface area contributed by atoms with Crippen LogP contribution in [0.5, 0.6) is 5.75 Å². The topological polar surface area (TPSA) is 64.6 Å². The number of carbonyl (C=O) groups is 2. The molecule has 6 heteroatoms. The van der Waals surface area contributed by atoms with Gasteiger partial charge in [0.15, 0.2) is 0 Å². The molecule has 5 nitrogen and oxygen atoms in total. The van der Waals surface area contributed by atoms with E-state index in [1.54, 1.807) is 18.2 Å². The quantitative estimate of drug-likeness (QED) is 0.818. The molecule has 0 radical (unpaired) electrons. The van der Waals surface area contributed by atoms with Gasteiger partial charge in [0.05, 0.1) is 20.6 Å². The van der Waals surface area contributed by atoms with E-state index in [1.165, 1.54) is 14.2 Å². The minimum Gasteiger partial charge on any atom is -0.496 e. The summed E-state index contributed by atoms with van der Waals surface area (Å²) >= 11 is 5.88. The molecule has 1 amide bonds. The second-order valence-electron chi connectivity index (χ2n) is 4.95. The first-order valence-electron chi connectivity index (χ1n) is 6.58. The van der Waals surface area contributed by atoms with Gasteiger partial charge in [0.25, 0.3) is 0 Å². The Kier molecular flexibility index (Phi) is 6.49. The average Bonchev–Trinajstić information content (AvgIpc) is 2.45. The lowest BCUT2D eigenvalue weighted by atomic mass is 10.0. The van der Waals surface area contributed by atoms with Crippen LogP contribution in [0.25, 0.3) is 0 Å². The lowest BCUT2D eigenvalue weighted by molar-refractivity contribution is -0.146. The summed E-state index contributed by atoms with van der Waals surface area (Å²) in [4.78, 5) is 23.7. The molecule has 0 aliphatic carbocycles. The van der Waals surface area contributed by atoms with Gasteiger partial charge in [-0.15, -0.1) is 0 Å². The van der Waals surface area contributed by atoms with Gasteiger partial charge in [-0.1, -0.05) is 31.5 Å². The van der Waals surface area contributed by atoms with Crippen molar-refractivity contribution in [3.05, 3.63) is 28.8 Å². The maximum Gasteiger partial charge on any atom is 0.328 e. The van der Waals surface area contributed by atoms with Crippen LogP contribution in [0.1, 0.15) is 19.4 Å². The first-order chi connectivity index (χ1) is 9.88. The van der Waals surface area contributed by atoms with Crippen LogP contribution in [0.2, 0.25) is 5.02 Å². The molecular weight excluding hydrogens is 294 g/mol. The Balaban J connectivity index is 2.79. The fourth-order valence-corrected chi connectivity index (χ4v) is 2.05. The molecule has 0 bridgehead atoms. The van der Waals surface area contributed by atoms with Crippen molar-refractivity contribution in [3.63, 3.8) is 0 Å². The fraction of sp³-hybridized carbons (Fsp3) is 0.467. The number of hydrogen-bond acceptors (Lipinski definition) is 4. The third-order valence-electron chi connectivity index (χ3n) is 3.04. The number of methoxy groups -OCH3 is 2. The summed E-state index contributed by atoms with van der Waals surface area (Å²) in [6, 6.07) is 4.39. The van der Waals surface area contributed by atoms with E-state index < -0.39 is 12.0 Å².